The van der Waals surface area contributed by atoms with E-state index in [-0.39, 0.29) is 17.4 Å². The highest BCUT2D eigenvalue weighted by Crippen LogP contribution is 2.33. The van der Waals surface area contributed by atoms with Crippen LogP contribution in [0.25, 0.3) is 0 Å². The number of anilines is 1. The molecule has 1 heterocycles. The van der Waals surface area contributed by atoms with Crippen LogP contribution in [0.2, 0.25) is 0 Å². The number of rotatable bonds is 3. The van der Waals surface area contributed by atoms with Crippen molar-refractivity contribution in [2.75, 3.05) is 31.1 Å². The summed E-state index contributed by atoms with van der Waals surface area (Å²) in [6, 6.07) is 7.32. The van der Waals surface area contributed by atoms with E-state index in [1.807, 2.05) is 24.0 Å². The number of amides is 2. The van der Waals surface area contributed by atoms with Crippen LogP contribution >= 0.6 is 0 Å². The Kier molecular flexibility index (Phi) is 4.99. The normalized spacial score (nSPS) is 27.2. The van der Waals surface area contributed by atoms with Crippen molar-refractivity contribution in [3.05, 3.63) is 29.8 Å². The first-order chi connectivity index (χ1) is 11.9. The smallest absolute Gasteiger partial charge is 0.248 e. The lowest BCUT2D eigenvalue weighted by Crippen LogP contribution is -2.57. The molecular weight excluding hydrogens is 316 g/mol. The van der Waals surface area contributed by atoms with Gasteiger partial charge in [-0.15, -0.1) is 0 Å². The fraction of sp³-hybridized carbons (Fsp3) is 0.579. The van der Waals surface area contributed by atoms with E-state index in [0.717, 1.165) is 44.5 Å². The van der Waals surface area contributed by atoms with Gasteiger partial charge in [0.05, 0.1) is 5.92 Å². The summed E-state index contributed by atoms with van der Waals surface area (Å²) >= 11 is 0. The molecule has 1 saturated carbocycles. The number of primary amides is 1. The summed E-state index contributed by atoms with van der Waals surface area (Å²) in [4.78, 5) is 28.3. The molecule has 4 N–H and O–H groups in total. The number of nitrogens with zero attached hydrogens (tertiary/aromatic N) is 2. The second-order valence-corrected chi connectivity index (χ2v) is 7.53. The Hall–Kier alpha value is -2.08. The molecule has 2 unspecified atom stereocenters. The number of piperazine rings is 1. The average molecular weight is 344 g/mol. The molecular formula is C19H28N4O2. The van der Waals surface area contributed by atoms with Gasteiger partial charge < -0.3 is 21.3 Å². The Morgan fingerprint density at radius 3 is 2.28 bits per heavy atom. The maximum absolute atomic E-state index is 12.9. The van der Waals surface area contributed by atoms with Crippen LogP contribution in [0.4, 0.5) is 5.69 Å². The van der Waals surface area contributed by atoms with E-state index in [0.29, 0.717) is 18.7 Å². The molecule has 0 radical (unpaired) electrons. The Morgan fingerprint density at radius 1 is 1.08 bits per heavy atom. The lowest BCUT2D eigenvalue weighted by molar-refractivity contribution is -0.139. The van der Waals surface area contributed by atoms with Crippen LogP contribution < -0.4 is 16.4 Å². The SMILES string of the molecule is CC1(N)CCCCC1C(=O)N1CCN(c2ccc(C(N)=O)cc2)CC1. The molecule has 2 aliphatic rings. The molecule has 1 aromatic carbocycles. The number of hydrogen-bond donors (Lipinski definition) is 2. The summed E-state index contributed by atoms with van der Waals surface area (Å²) in [7, 11) is 0. The van der Waals surface area contributed by atoms with E-state index in [1.165, 1.54) is 0 Å². The molecule has 1 aliphatic heterocycles. The number of carbonyl (C=O) groups is 2. The van der Waals surface area contributed by atoms with Gasteiger partial charge in [-0.1, -0.05) is 12.8 Å². The van der Waals surface area contributed by atoms with Crippen molar-refractivity contribution in [2.24, 2.45) is 17.4 Å². The minimum atomic E-state index is -0.417. The molecule has 1 saturated heterocycles. The quantitative estimate of drug-likeness (QED) is 0.865. The Bertz CT molecular complexity index is 633. The van der Waals surface area contributed by atoms with Crippen LogP contribution in [-0.4, -0.2) is 48.4 Å². The third-order valence-electron chi connectivity index (χ3n) is 5.66. The standard InChI is InChI=1S/C19H28N4O2/c1-19(21)9-3-2-4-16(19)18(25)23-12-10-22(11-13-23)15-7-5-14(6-8-15)17(20)24/h5-8,16H,2-4,9-13,21H2,1H3,(H2,20,24). The average Bonchev–Trinajstić information content (AvgIpc) is 2.61. The largest absolute Gasteiger partial charge is 0.368 e. The lowest BCUT2D eigenvalue weighted by Gasteiger charge is -2.42. The Labute approximate surface area is 149 Å². The Balaban J connectivity index is 1.59. The van der Waals surface area contributed by atoms with E-state index < -0.39 is 5.91 Å². The van der Waals surface area contributed by atoms with Gasteiger partial charge in [0, 0.05) is 43.0 Å². The first kappa shape index (κ1) is 17.7. The predicted molar refractivity (Wildman–Crippen MR) is 98.3 cm³/mol. The summed E-state index contributed by atoms with van der Waals surface area (Å²) in [6.07, 6.45) is 4.04. The zero-order valence-corrected chi connectivity index (χ0v) is 14.9. The van der Waals surface area contributed by atoms with Crippen LogP contribution in [-0.2, 0) is 4.79 Å². The summed E-state index contributed by atoms with van der Waals surface area (Å²) in [5.74, 6) is -0.254. The maximum atomic E-state index is 12.9. The fourth-order valence-corrected chi connectivity index (χ4v) is 4.01. The van der Waals surface area contributed by atoms with Crippen molar-refractivity contribution < 1.29 is 9.59 Å². The second kappa shape index (κ2) is 7.04. The van der Waals surface area contributed by atoms with Gasteiger partial charge in [0.25, 0.3) is 0 Å². The van der Waals surface area contributed by atoms with Gasteiger partial charge in [0.1, 0.15) is 0 Å². The molecule has 3 rings (SSSR count). The fourth-order valence-electron chi connectivity index (χ4n) is 4.01. The maximum Gasteiger partial charge on any atom is 0.248 e. The van der Waals surface area contributed by atoms with Gasteiger partial charge in [-0.05, 0) is 44.0 Å². The van der Waals surface area contributed by atoms with Crippen molar-refractivity contribution in [3.8, 4) is 0 Å². The second-order valence-electron chi connectivity index (χ2n) is 7.53. The molecule has 0 aromatic heterocycles. The van der Waals surface area contributed by atoms with E-state index in [1.54, 1.807) is 12.1 Å². The van der Waals surface area contributed by atoms with Crippen molar-refractivity contribution in [2.45, 2.75) is 38.1 Å². The van der Waals surface area contributed by atoms with Gasteiger partial charge in [0.15, 0.2) is 0 Å². The Morgan fingerprint density at radius 2 is 1.72 bits per heavy atom. The monoisotopic (exact) mass is 344 g/mol. The third-order valence-corrected chi connectivity index (χ3v) is 5.66. The van der Waals surface area contributed by atoms with E-state index in [4.69, 9.17) is 11.5 Å². The molecule has 1 aliphatic carbocycles. The van der Waals surface area contributed by atoms with Gasteiger partial charge >= 0.3 is 0 Å². The molecule has 136 valence electrons. The van der Waals surface area contributed by atoms with Gasteiger partial charge in [0.2, 0.25) is 11.8 Å². The highest BCUT2D eigenvalue weighted by molar-refractivity contribution is 5.93. The number of benzene rings is 1. The van der Waals surface area contributed by atoms with E-state index >= 15 is 0 Å². The molecule has 2 fully saturated rings. The third kappa shape index (κ3) is 3.79. The van der Waals surface area contributed by atoms with Crippen LogP contribution in [0.5, 0.6) is 0 Å². The first-order valence-corrected chi connectivity index (χ1v) is 9.11. The van der Waals surface area contributed by atoms with Crippen molar-refractivity contribution in [1.29, 1.82) is 0 Å². The zero-order valence-electron chi connectivity index (χ0n) is 14.9. The summed E-state index contributed by atoms with van der Waals surface area (Å²) in [6.45, 7) is 5.02. The highest BCUT2D eigenvalue weighted by Gasteiger charge is 2.40. The molecule has 6 heteroatoms. The van der Waals surface area contributed by atoms with Gasteiger partial charge in [-0.2, -0.15) is 0 Å². The topological polar surface area (TPSA) is 92.7 Å². The van der Waals surface area contributed by atoms with Crippen LogP contribution in [0.15, 0.2) is 24.3 Å². The van der Waals surface area contributed by atoms with Crippen molar-refractivity contribution in [1.82, 2.24) is 4.90 Å². The minimum Gasteiger partial charge on any atom is -0.368 e. The molecule has 1 aromatic rings. The molecule has 0 bridgehead atoms. The van der Waals surface area contributed by atoms with E-state index in [2.05, 4.69) is 4.90 Å². The molecule has 2 amide bonds. The van der Waals surface area contributed by atoms with E-state index in [9.17, 15) is 9.59 Å². The number of nitrogens with two attached hydrogens (primary N) is 2. The van der Waals surface area contributed by atoms with Crippen molar-refractivity contribution in [3.63, 3.8) is 0 Å². The van der Waals surface area contributed by atoms with Gasteiger partial charge in [-0.25, -0.2) is 0 Å². The molecule has 25 heavy (non-hydrogen) atoms. The summed E-state index contributed by atoms with van der Waals surface area (Å²) in [5.41, 5.74) is 12.9. The van der Waals surface area contributed by atoms with Crippen molar-refractivity contribution >= 4 is 17.5 Å². The first-order valence-electron chi connectivity index (χ1n) is 9.11. The number of carbonyl (C=O) groups excluding carboxylic acids is 2. The summed E-state index contributed by atoms with van der Waals surface area (Å²) < 4.78 is 0. The zero-order chi connectivity index (χ0) is 18.0. The van der Waals surface area contributed by atoms with Crippen LogP contribution in [0.1, 0.15) is 43.0 Å². The summed E-state index contributed by atoms with van der Waals surface area (Å²) in [5, 5.41) is 0. The van der Waals surface area contributed by atoms with Crippen LogP contribution in [0, 0.1) is 5.92 Å². The highest BCUT2D eigenvalue weighted by atomic mass is 16.2. The molecule has 6 nitrogen and oxygen atoms in total. The predicted octanol–water partition coefficient (Wildman–Crippen LogP) is 1.34. The minimum absolute atomic E-state index is 0.0531. The van der Waals surface area contributed by atoms with Gasteiger partial charge in [-0.3, -0.25) is 9.59 Å². The molecule has 0 spiro atoms. The molecule has 2 atom stereocenters. The van der Waals surface area contributed by atoms with Crippen LogP contribution in [0.3, 0.4) is 0 Å². The number of hydrogen-bond acceptors (Lipinski definition) is 4. The lowest BCUT2D eigenvalue weighted by atomic mass is 9.74.